The maximum atomic E-state index is 10.8. The summed E-state index contributed by atoms with van der Waals surface area (Å²) in [6, 6.07) is 6.29. The minimum Gasteiger partial charge on any atom is -0.282 e. The van der Waals surface area contributed by atoms with Crippen molar-refractivity contribution in [2.24, 2.45) is 0 Å². The van der Waals surface area contributed by atoms with Crippen LogP contribution in [-0.2, 0) is 16.5 Å². The summed E-state index contributed by atoms with van der Waals surface area (Å²) >= 11 is 0. The lowest BCUT2D eigenvalue weighted by molar-refractivity contribution is 0.482. The number of allylic oxidation sites excluding steroid dienone is 1. The quantitative estimate of drug-likeness (QED) is 0.610. The summed E-state index contributed by atoms with van der Waals surface area (Å²) in [5, 5.41) is 0. The van der Waals surface area contributed by atoms with Gasteiger partial charge in [-0.25, -0.2) is 0 Å². The fourth-order valence-electron chi connectivity index (χ4n) is 1.08. The van der Waals surface area contributed by atoms with E-state index in [1.165, 1.54) is 6.07 Å². The Morgan fingerprint density at radius 2 is 1.93 bits per heavy atom. The van der Waals surface area contributed by atoms with Gasteiger partial charge in [-0.1, -0.05) is 24.3 Å². The molecule has 0 aliphatic carbocycles. The topological polar surface area (TPSA) is 54.4 Å². The number of hydrogen-bond donors (Lipinski definition) is 1. The van der Waals surface area contributed by atoms with Crippen LogP contribution in [0.4, 0.5) is 0 Å². The van der Waals surface area contributed by atoms with Crippen molar-refractivity contribution in [3.63, 3.8) is 0 Å². The third kappa shape index (κ3) is 2.97. The fourth-order valence-corrected chi connectivity index (χ4v) is 1.81. The molecule has 4 heteroatoms. The molecule has 1 N–H and O–H groups in total. The lowest BCUT2D eigenvalue weighted by atomic mass is 10.1. The molecule has 0 aromatic heterocycles. The summed E-state index contributed by atoms with van der Waals surface area (Å²) in [5.41, 5.74) is 0.556. The Hall–Kier alpha value is -1.13. The van der Waals surface area contributed by atoms with Gasteiger partial charge in [-0.15, -0.1) is 6.58 Å². The summed E-state index contributed by atoms with van der Waals surface area (Å²) in [4.78, 5) is -0.0464. The van der Waals surface area contributed by atoms with E-state index in [0.717, 1.165) is 0 Å². The second-order valence-electron chi connectivity index (χ2n) is 2.58. The van der Waals surface area contributed by atoms with Crippen molar-refractivity contribution in [1.29, 1.82) is 0 Å². The van der Waals surface area contributed by atoms with Crippen molar-refractivity contribution in [1.82, 2.24) is 0 Å². The first-order valence-electron chi connectivity index (χ1n) is 3.72. The van der Waals surface area contributed by atoms with Gasteiger partial charge in [0, 0.05) is 7.43 Å². The van der Waals surface area contributed by atoms with Gasteiger partial charge in [0.25, 0.3) is 10.1 Å². The van der Waals surface area contributed by atoms with E-state index in [-0.39, 0.29) is 12.3 Å². The molecule has 0 amide bonds. The molecule has 1 rings (SSSR count). The molecule has 0 unspecified atom stereocenters. The summed E-state index contributed by atoms with van der Waals surface area (Å²) in [6.07, 6.45) is 2.01. The molecule has 1 aromatic rings. The standard InChI is InChI=1S/C9H10O3S.C/c1-2-5-8-6-3-4-7-9(8)13(10,11)12;/h2-4,6-7H,1,5H2,(H,10,11,12);. The second-order valence-corrected chi connectivity index (χ2v) is 3.97. The first-order valence-corrected chi connectivity index (χ1v) is 5.16. The molecule has 0 bridgehead atoms. The van der Waals surface area contributed by atoms with E-state index in [0.29, 0.717) is 12.0 Å². The first kappa shape index (κ1) is 12.9. The summed E-state index contributed by atoms with van der Waals surface area (Å²) in [7, 11) is -4.10. The highest BCUT2D eigenvalue weighted by molar-refractivity contribution is 7.85. The van der Waals surface area contributed by atoms with E-state index in [9.17, 15) is 8.42 Å². The van der Waals surface area contributed by atoms with Gasteiger partial charge in [-0.05, 0) is 18.1 Å². The minimum atomic E-state index is -4.10. The molecule has 4 radical (unpaired) electrons. The van der Waals surface area contributed by atoms with Crippen LogP contribution in [0.2, 0.25) is 0 Å². The highest BCUT2D eigenvalue weighted by Crippen LogP contribution is 2.15. The zero-order chi connectivity index (χ0) is 9.90. The van der Waals surface area contributed by atoms with Crippen LogP contribution in [0.3, 0.4) is 0 Å². The predicted molar refractivity (Wildman–Crippen MR) is 53.4 cm³/mol. The lowest BCUT2D eigenvalue weighted by Gasteiger charge is -2.02. The van der Waals surface area contributed by atoms with Gasteiger partial charge >= 0.3 is 0 Å². The molecule has 0 atom stereocenters. The first-order chi connectivity index (χ1) is 6.05. The second kappa shape index (κ2) is 4.93. The number of rotatable bonds is 3. The molecule has 0 saturated heterocycles. The van der Waals surface area contributed by atoms with Crippen molar-refractivity contribution in [2.75, 3.05) is 0 Å². The third-order valence-electron chi connectivity index (χ3n) is 1.61. The van der Waals surface area contributed by atoms with Gasteiger partial charge in [-0.2, -0.15) is 8.42 Å². The molecule has 0 aliphatic rings. The monoisotopic (exact) mass is 210 g/mol. The van der Waals surface area contributed by atoms with Crippen LogP contribution in [0, 0.1) is 7.43 Å². The van der Waals surface area contributed by atoms with Crippen LogP contribution in [0.25, 0.3) is 0 Å². The van der Waals surface area contributed by atoms with Gasteiger partial charge in [0.15, 0.2) is 0 Å². The van der Waals surface area contributed by atoms with Crippen molar-refractivity contribution >= 4 is 10.1 Å². The summed E-state index contributed by atoms with van der Waals surface area (Å²) in [6.45, 7) is 3.50. The zero-order valence-corrected chi connectivity index (χ0v) is 8.29. The van der Waals surface area contributed by atoms with Crippen molar-refractivity contribution in [3.05, 3.63) is 49.9 Å². The van der Waals surface area contributed by atoms with E-state index in [2.05, 4.69) is 6.58 Å². The smallest absolute Gasteiger partial charge is 0.282 e. The fraction of sp³-hybridized carbons (Fsp3) is 0.100. The van der Waals surface area contributed by atoms with E-state index < -0.39 is 10.1 Å². The largest absolute Gasteiger partial charge is 0.294 e. The van der Waals surface area contributed by atoms with E-state index in [4.69, 9.17) is 4.55 Å². The molecule has 0 fully saturated rings. The Bertz CT molecular complexity index is 407. The van der Waals surface area contributed by atoms with E-state index in [1.807, 2.05) is 0 Å². The van der Waals surface area contributed by atoms with Gasteiger partial charge in [-0.3, -0.25) is 4.55 Å². The molecule has 0 heterocycles. The van der Waals surface area contributed by atoms with E-state index in [1.54, 1.807) is 24.3 Å². The van der Waals surface area contributed by atoms with Crippen molar-refractivity contribution in [2.45, 2.75) is 11.3 Å². The predicted octanol–water partition coefficient (Wildman–Crippen LogP) is 1.74. The summed E-state index contributed by atoms with van der Waals surface area (Å²) in [5.74, 6) is 0. The van der Waals surface area contributed by atoms with Crippen LogP contribution >= 0.6 is 0 Å². The minimum absolute atomic E-state index is 0. The van der Waals surface area contributed by atoms with Crippen molar-refractivity contribution < 1.29 is 13.0 Å². The number of benzene rings is 1. The van der Waals surface area contributed by atoms with Crippen molar-refractivity contribution in [3.8, 4) is 0 Å². The molecule has 0 aliphatic heterocycles. The Kier molecular flexibility index (Phi) is 4.53. The molecule has 1 aromatic carbocycles. The molecule has 0 spiro atoms. The van der Waals surface area contributed by atoms with Gasteiger partial charge in [0.1, 0.15) is 0 Å². The summed E-state index contributed by atoms with van der Waals surface area (Å²) < 4.78 is 30.5. The SMILES string of the molecule is C=CCc1ccccc1S(=O)(=O)O.[C]. The molecule has 0 saturated carbocycles. The Labute approximate surface area is 84.8 Å². The maximum absolute atomic E-state index is 10.8. The van der Waals surface area contributed by atoms with Crippen LogP contribution < -0.4 is 0 Å². The van der Waals surface area contributed by atoms with Crippen LogP contribution in [0.1, 0.15) is 5.56 Å². The van der Waals surface area contributed by atoms with Gasteiger partial charge in [0.2, 0.25) is 0 Å². The molecule has 74 valence electrons. The average Bonchev–Trinajstić information content (AvgIpc) is 2.04. The normalized spacial score (nSPS) is 10.4. The van der Waals surface area contributed by atoms with Crippen LogP contribution in [-0.4, -0.2) is 13.0 Å². The van der Waals surface area contributed by atoms with Crippen LogP contribution in [0.15, 0.2) is 41.8 Å². The zero-order valence-electron chi connectivity index (χ0n) is 7.47. The average molecular weight is 210 g/mol. The van der Waals surface area contributed by atoms with Crippen LogP contribution in [0.5, 0.6) is 0 Å². The molecular weight excluding hydrogens is 200 g/mol. The Balaban J connectivity index is 0.00000169. The Morgan fingerprint density at radius 1 is 1.36 bits per heavy atom. The van der Waals surface area contributed by atoms with Gasteiger partial charge in [0.05, 0.1) is 4.90 Å². The highest BCUT2D eigenvalue weighted by atomic mass is 32.2. The maximum Gasteiger partial charge on any atom is 0.294 e. The molecule has 3 nitrogen and oxygen atoms in total. The highest BCUT2D eigenvalue weighted by Gasteiger charge is 2.12. The Morgan fingerprint density at radius 3 is 2.43 bits per heavy atom. The number of hydrogen-bond acceptors (Lipinski definition) is 2. The van der Waals surface area contributed by atoms with Gasteiger partial charge < -0.3 is 0 Å². The molecule has 14 heavy (non-hydrogen) atoms. The lowest BCUT2D eigenvalue weighted by Crippen LogP contribution is -2.02. The third-order valence-corrected chi connectivity index (χ3v) is 2.57. The van der Waals surface area contributed by atoms with E-state index >= 15 is 0 Å². The molecular formula is C10H10O3S.